The molecule has 11 heteroatoms. The summed E-state index contributed by atoms with van der Waals surface area (Å²) in [4.78, 5) is 52.3. The number of anilines is 1. The number of benzene rings is 4. The first-order valence-corrected chi connectivity index (χ1v) is 16.8. The van der Waals surface area contributed by atoms with Crippen molar-refractivity contribution >= 4 is 29.3 Å². The second-order valence-electron chi connectivity index (χ2n) is 12.3. The van der Waals surface area contributed by atoms with E-state index < -0.39 is 35.1 Å². The van der Waals surface area contributed by atoms with E-state index in [9.17, 15) is 32.3 Å². The number of ether oxygens (including phenoxy) is 2. The highest BCUT2D eigenvalue weighted by Crippen LogP contribution is 2.33. The Balaban J connectivity index is 1.34. The van der Waals surface area contributed by atoms with Crippen LogP contribution >= 0.6 is 0 Å². The maximum Gasteiger partial charge on any atom is 0.417 e. The molecule has 4 aromatic rings. The summed E-state index contributed by atoms with van der Waals surface area (Å²) in [6.45, 7) is 5.62. The van der Waals surface area contributed by atoms with Crippen molar-refractivity contribution in [2.75, 3.05) is 18.5 Å². The molecule has 4 aromatic carbocycles. The Kier molecular flexibility index (Phi) is 13.5. The van der Waals surface area contributed by atoms with Gasteiger partial charge in [0.1, 0.15) is 17.3 Å². The number of nitrogens with one attached hydrogen (secondary N) is 1. The third-order valence-corrected chi connectivity index (χ3v) is 7.93. The van der Waals surface area contributed by atoms with Crippen molar-refractivity contribution < 1.29 is 41.8 Å². The number of alkyl halides is 3. The molecule has 0 saturated carbocycles. The highest BCUT2D eigenvalue weighted by atomic mass is 19.4. The molecule has 0 aliphatic carbocycles. The van der Waals surface area contributed by atoms with E-state index in [0.717, 1.165) is 25.0 Å². The number of carbonyl (C=O) groups excluding carboxylic acids is 4. The Bertz CT molecular complexity index is 1800. The Morgan fingerprint density at radius 3 is 2.02 bits per heavy atom. The summed E-state index contributed by atoms with van der Waals surface area (Å²) in [5.41, 5.74) is 0.344. The van der Waals surface area contributed by atoms with Crippen LogP contribution in [0.2, 0.25) is 0 Å². The molecule has 0 radical (unpaired) electrons. The highest BCUT2D eigenvalue weighted by molar-refractivity contribution is 6.06. The molecule has 0 bridgehead atoms. The quantitative estimate of drug-likeness (QED) is 0.0710. The average molecular weight is 703 g/mol. The minimum atomic E-state index is -4.71. The number of halogens is 3. The topological polar surface area (TPSA) is 102 Å². The van der Waals surface area contributed by atoms with Crippen molar-refractivity contribution in [3.05, 3.63) is 124 Å². The van der Waals surface area contributed by atoms with Gasteiger partial charge >= 0.3 is 12.1 Å². The lowest BCUT2D eigenvalue weighted by Crippen LogP contribution is -2.34. The zero-order valence-corrected chi connectivity index (χ0v) is 28.8. The summed E-state index contributed by atoms with van der Waals surface area (Å²) < 4.78 is 51.7. The van der Waals surface area contributed by atoms with Crippen LogP contribution in [0.4, 0.5) is 18.9 Å². The Labute approximate surface area is 295 Å². The molecule has 0 saturated heterocycles. The van der Waals surface area contributed by atoms with Crippen LogP contribution in [-0.2, 0) is 17.5 Å². The van der Waals surface area contributed by atoms with Gasteiger partial charge in [0.05, 0.1) is 29.8 Å². The van der Waals surface area contributed by atoms with Crippen molar-refractivity contribution in [2.24, 2.45) is 0 Å². The van der Waals surface area contributed by atoms with Gasteiger partial charge in [0.25, 0.3) is 11.8 Å². The minimum absolute atomic E-state index is 0.0682. The van der Waals surface area contributed by atoms with Crippen LogP contribution < -0.4 is 14.8 Å². The van der Waals surface area contributed by atoms with Crippen LogP contribution in [0.25, 0.3) is 0 Å². The fourth-order valence-electron chi connectivity index (χ4n) is 5.27. The number of aryl methyl sites for hydroxylation is 1. The number of nitrogens with zero attached hydrogens (tertiary/aromatic N) is 1. The van der Waals surface area contributed by atoms with Crippen molar-refractivity contribution in [1.82, 2.24) is 4.90 Å². The van der Waals surface area contributed by atoms with Crippen LogP contribution in [0.1, 0.15) is 93.7 Å². The molecular formula is C40H41F3N2O6. The Hall–Kier alpha value is -5.45. The lowest BCUT2D eigenvalue weighted by molar-refractivity contribution is -0.137. The number of ketones is 1. The number of esters is 1. The van der Waals surface area contributed by atoms with Crippen molar-refractivity contribution in [1.29, 1.82) is 0 Å². The molecule has 8 nitrogen and oxygen atoms in total. The summed E-state index contributed by atoms with van der Waals surface area (Å²) in [5.74, 6) is -1.23. The van der Waals surface area contributed by atoms with E-state index in [1.54, 1.807) is 55.5 Å². The Morgan fingerprint density at radius 2 is 1.39 bits per heavy atom. The fourth-order valence-corrected chi connectivity index (χ4v) is 5.27. The third kappa shape index (κ3) is 11.6. The lowest BCUT2D eigenvalue weighted by Gasteiger charge is -2.22. The average Bonchev–Trinajstić information content (AvgIpc) is 3.09. The monoisotopic (exact) mass is 702 g/mol. The van der Waals surface area contributed by atoms with Gasteiger partial charge < -0.3 is 19.7 Å². The molecule has 1 N–H and O–H groups in total. The van der Waals surface area contributed by atoms with Gasteiger partial charge in [-0.1, -0.05) is 56.4 Å². The third-order valence-electron chi connectivity index (χ3n) is 7.93. The highest BCUT2D eigenvalue weighted by Gasteiger charge is 2.35. The summed E-state index contributed by atoms with van der Waals surface area (Å²) in [7, 11) is 0. The molecule has 51 heavy (non-hydrogen) atoms. The van der Waals surface area contributed by atoms with Gasteiger partial charge in [-0.15, -0.1) is 0 Å². The molecule has 0 spiro atoms. The van der Waals surface area contributed by atoms with Gasteiger partial charge in [-0.2, -0.15) is 13.2 Å². The molecule has 0 aromatic heterocycles. The second kappa shape index (κ2) is 18.0. The van der Waals surface area contributed by atoms with Crippen LogP contribution in [0, 0.1) is 6.92 Å². The molecule has 0 aliphatic heterocycles. The van der Waals surface area contributed by atoms with Crippen molar-refractivity contribution in [3.63, 3.8) is 0 Å². The first-order valence-electron chi connectivity index (χ1n) is 16.8. The van der Waals surface area contributed by atoms with Crippen LogP contribution in [0.15, 0.2) is 91.0 Å². The van der Waals surface area contributed by atoms with Crippen LogP contribution in [0.3, 0.4) is 0 Å². The standard InChI is InChI=1S/C40H41F3N2O6/c1-4-5-6-7-8-23-50-33-20-14-31(15-21-33)39(49)51-34-18-10-29(11-19-34)26-45(25-28(3)46)38(48)30-12-16-32(17-13-30)44-37(47)35-24-27(2)9-22-36(35)40(41,42)43/h9-22,24H,4-8,23,25-26H2,1-3H3,(H,44,47). The summed E-state index contributed by atoms with van der Waals surface area (Å²) in [6, 6.07) is 22.2. The first kappa shape index (κ1) is 38.4. The smallest absolute Gasteiger partial charge is 0.417 e. The zero-order valence-electron chi connectivity index (χ0n) is 28.8. The molecule has 4 rings (SSSR count). The minimum Gasteiger partial charge on any atom is -0.494 e. The van der Waals surface area contributed by atoms with Gasteiger partial charge in [0.15, 0.2) is 0 Å². The van der Waals surface area contributed by atoms with Crippen molar-refractivity contribution in [2.45, 2.75) is 65.6 Å². The maximum atomic E-state index is 13.5. The van der Waals surface area contributed by atoms with Gasteiger partial charge in [0.2, 0.25) is 0 Å². The molecular weight excluding hydrogens is 661 g/mol. The lowest BCUT2D eigenvalue weighted by atomic mass is 10.0. The van der Waals surface area contributed by atoms with E-state index >= 15 is 0 Å². The SMILES string of the molecule is CCCCCCCOc1ccc(C(=O)Oc2ccc(CN(CC(C)=O)C(=O)c3ccc(NC(=O)c4cc(C)ccc4C(F)(F)F)cc3)cc2)cc1. The number of hydrogen-bond donors (Lipinski definition) is 1. The number of carbonyl (C=O) groups is 4. The predicted octanol–water partition coefficient (Wildman–Crippen LogP) is 9.07. The molecule has 0 fully saturated rings. The normalized spacial score (nSPS) is 11.1. The predicted molar refractivity (Wildman–Crippen MR) is 188 cm³/mol. The Morgan fingerprint density at radius 1 is 0.765 bits per heavy atom. The molecule has 0 aliphatic rings. The molecule has 2 amide bonds. The number of unbranched alkanes of at least 4 members (excludes halogenated alkanes) is 4. The van der Waals surface area contributed by atoms with Gasteiger partial charge in [-0.25, -0.2) is 4.79 Å². The van der Waals surface area contributed by atoms with Gasteiger partial charge in [-0.3, -0.25) is 14.4 Å². The first-order chi connectivity index (χ1) is 24.3. The van der Waals surface area contributed by atoms with E-state index in [0.29, 0.717) is 34.8 Å². The van der Waals surface area contributed by atoms with Crippen molar-refractivity contribution in [3.8, 4) is 11.5 Å². The molecule has 268 valence electrons. The van der Waals surface area contributed by atoms with E-state index in [2.05, 4.69) is 12.2 Å². The fraction of sp³-hybridized carbons (Fsp3) is 0.300. The van der Waals surface area contributed by atoms with Gasteiger partial charge in [-0.05, 0) is 98.6 Å². The molecule has 0 unspecified atom stereocenters. The van der Waals surface area contributed by atoms with Crippen LogP contribution in [-0.4, -0.2) is 41.6 Å². The molecule has 0 atom stereocenters. The number of hydrogen-bond acceptors (Lipinski definition) is 6. The van der Waals surface area contributed by atoms with E-state index in [4.69, 9.17) is 9.47 Å². The number of amides is 2. The van der Waals surface area contributed by atoms with E-state index in [1.807, 2.05) is 0 Å². The summed E-state index contributed by atoms with van der Waals surface area (Å²) >= 11 is 0. The maximum absolute atomic E-state index is 13.5. The summed E-state index contributed by atoms with van der Waals surface area (Å²) in [6.07, 6.45) is 0.985. The number of rotatable bonds is 16. The summed E-state index contributed by atoms with van der Waals surface area (Å²) in [5, 5.41) is 2.45. The molecule has 0 heterocycles. The largest absolute Gasteiger partial charge is 0.494 e. The van der Waals surface area contributed by atoms with E-state index in [-0.39, 0.29) is 30.1 Å². The van der Waals surface area contributed by atoms with Gasteiger partial charge in [0, 0.05) is 17.8 Å². The number of Topliss-reactive ketones (excluding diaryl/α,β-unsaturated/α-hetero) is 1. The van der Waals surface area contributed by atoms with Crippen LogP contribution in [0.5, 0.6) is 11.5 Å². The van der Waals surface area contributed by atoms with E-state index in [1.165, 1.54) is 61.4 Å². The zero-order chi connectivity index (χ0) is 37.0. The second-order valence-corrected chi connectivity index (χ2v) is 12.3.